The highest BCUT2D eigenvalue weighted by Crippen LogP contribution is 2.25. The molecule has 2 aliphatic heterocycles. The van der Waals surface area contributed by atoms with E-state index in [1.54, 1.807) is 4.90 Å². The van der Waals surface area contributed by atoms with Gasteiger partial charge < -0.3 is 15.0 Å². The maximum Gasteiger partial charge on any atom is 0.244 e. The summed E-state index contributed by atoms with van der Waals surface area (Å²) in [6.45, 7) is 2.91. The number of ether oxygens (including phenoxy) is 1. The molecule has 6 nitrogen and oxygen atoms in total. The van der Waals surface area contributed by atoms with E-state index < -0.39 is 0 Å². The minimum Gasteiger partial charge on any atom is -0.490 e. The molecule has 4 rings (SSSR count). The molecule has 0 radical (unpaired) electrons. The number of carbonyl (C=O) groups is 2. The molecule has 2 saturated heterocycles. The third kappa shape index (κ3) is 3.63. The van der Waals surface area contributed by atoms with Gasteiger partial charge >= 0.3 is 0 Å². The van der Waals surface area contributed by atoms with Crippen LogP contribution >= 0.6 is 0 Å². The van der Waals surface area contributed by atoms with Gasteiger partial charge in [0.1, 0.15) is 11.8 Å². The average molecular weight is 343 g/mol. The van der Waals surface area contributed by atoms with Crippen LogP contribution in [0.4, 0.5) is 0 Å². The SMILES string of the molecule is O=C1NCC(=O)N2CCN(Cc3cccc(OC4CCCC4)c3)C[C@@H]12. The molecular weight excluding hydrogens is 318 g/mol. The Morgan fingerprint density at radius 3 is 2.84 bits per heavy atom. The highest BCUT2D eigenvalue weighted by molar-refractivity contribution is 5.95. The summed E-state index contributed by atoms with van der Waals surface area (Å²) in [7, 11) is 0. The molecule has 0 aromatic heterocycles. The largest absolute Gasteiger partial charge is 0.490 e. The Labute approximate surface area is 148 Å². The first-order valence-electron chi connectivity index (χ1n) is 9.24. The lowest BCUT2D eigenvalue weighted by Gasteiger charge is -2.43. The summed E-state index contributed by atoms with van der Waals surface area (Å²) in [5.41, 5.74) is 1.19. The van der Waals surface area contributed by atoms with Gasteiger partial charge in [-0.3, -0.25) is 14.5 Å². The van der Waals surface area contributed by atoms with Crippen LogP contribution < -0.4 is 10.1 Å². The summed E-state index contributed by atoms with van der Waals surface area (Å²) in [5.74, 6) is 0.924. The fraction of sp³-hybridized carbons (Fsp3) is 0.579. The Hall–Kier alpha value is -2.08. The van der Waals surface area contributed by atoms with Gasteiger partial charge in [0.2, 0.25) is 11.8 Å². The third-order valence-corrected chi connectivity index (χ3v) is 5.41. The van der Waals surface area contributed by atoms with Crippen LogP contribution in [0.3, 0.4) is 0 Å². The van der Waals surface area contributed by atoms with Gasteiger partial charge in [0.25, 0.3) is 0 Å². The molecule has 2 heterocycles. The number of hydrogen-bond acceptors (Lipinski definition) is 4. The lowest BCUT2D eigenvalue weighted by Crippen LogP contribution is -2.65. The van der Waals surface area contributed by atoms with Crippen molar-refractivity contribution in [1.29, 1.82) is 0 Å². The molecule has 6 heteroatoms. The van der Waals surface area contributed by atoms with Gasteiger partial charge in [0, 0.05) is 26.2 Å². The van der Waals surface area contributed by atoms with Crippen molar-refractivity contribution in [2.45, 2.75) is 44.4 Å². The molecule has 1 aliphatic carbocycles. The van der Waals surface area contributed by atoms with Crippen molar-refractivity contribution < 1.29 is 14.3 Å². The summed E-state index contributed by atoms with van der Waals surface area (Å²) in [6.07, 6.45) is 5.18. The summed E-state index contributed by atoms with van der Waals surface area (Å²) in [4.78, 5) is 28.0. The van der Waals surface area contributed by atoms with E-state index in [0.717, 1.165) is 31.7 Å². The fourth-order valence-corrected chi connectivity index (χ4v) is 4.06. The van der Waals surface area contributed by atoms with Crippen molar-refractivity contribution in [3.05, 3.63) is 29.8 Å². The number of fused-ring (bicyclic) bond motifs is 1. The molecule has 1 aromatic carbocycles. The van der Waals surface area contributed by atoms with Gasteiger partial charge in [-0.25, -0.2) is 0 Å². The van der Waals surface area contributed by atoms with Gasteiger partial charge in [-0.2, -0.15) is 0 Å². The molecular formula is C19H25N3O3. The summed E-state index contributed by atoms with van der Waals surface area (Å²) in [6, 6.07) is 7.91. The van der Waals surface area contributed by atoms with Gasteiger partial charge in [-0.05, 0) is 43.4 Å². The number of carbonyl (C=O) groups excluding carboxylic acids is 2. The Kier molecular flexibility index (Phi) is 4.61. The highest BCUT2D eigenvalue weighted by atomic mass is 16.5. The molecule has 1 aromatic rings. The van der Waals surface area contributed by atoms with Gasteiger partial charge in [-0.15, -0.1) is 0 Å². The van der Waals surface area contributed by atoms with Gasteiger partial charge in [0.15, 0.2) is 0 Å². The predicted octanol–water partition coefficient (Wildman–Crippen LogP) is 1.15. The topological polar surface area (TPSA) is 61.9 Å². The number of benzene rings is 1. The van der Waals surface area contributed by atoms with E-state index in [2.05, 4.69) is 22.3 Å². The molecule has 3 fully saturated rings. The van der Waals surface area contributed by atoms with E-state index in [9.17, 15) is 9.59 Å². The molecule has 0 unspecified atom stereocenters. The maximum atomic E-state index is 12.1. The van der Waals surface area contributed by atoms with Crippen LogP contribution in [0.15, 0.2) is 24.3 Å². The van der Waals surface area contributed by atoms with Crippen LogP contribution in [0, 0.1) is 0 Å². The molecule has 0 bridgehead atoms. The minimum absolute atomic E-state index is 0.0243. The van der Waals surface area contributed by atoms with E-state index in [-0.39, 0.29) is 24.4 Å². The predicted molar refractivity (Wildman–Crippen MR) is 93.1 cm³/mol. The normalized spacial score (nSPS) is 25.0. The molecule has 25 heavy (non-hydrogen) atoms. The second-order valence-corrected chi connectivity index (χ2v) is 7.23. The van der Waals surface area contributed by atoms with Crippen LogP contribution in [-0.2, 0) is 16.1 Å². The quantitative estimate of drug-likeness (QED) is 0.891. The molecule has 1 saturated carbocycles. The smallest absolute Gasteiger partial charge is 0.244 e. The molecule has 134 valence electrons. The highest BCUT2D eigenvalue weighted by Gasteiger charge is 2.38. The number of nitrogens with zero attached hydrogens (tertiary/aromatic N) is 2. The van der Waals surface area contributed by atoms with Crippen molar-refractivity contribution in [3.63, 3.8) is 0 Å². The monoisotopic (exact) mass is 343 g/mol. The van der Waals surface area contributed by atoms with Gasteiger partial charge in [-0.1, -0.05) is 12.1 Å². The molecule has 1 N–H and O–H groups in total. The number of piperazine rings is 2. The lowest BCUT2D eigenvalue weighted by atomic mass is 10.1. The van der Waals surface area contributed by atoms with E-state index in [4.69, 9.17) is 4.74 Å². The zero-order chi connectivity index (χ0) is 17.2. The van der Waals surface area contributed by atoms with Crippen molar-refractivity contribution >= 4 is 11.8 Å². The number of hydrogen-bond donors (Lipinski definition) is 1. The zero-order valence-corrected chi connectivity index (χ0v) is 14.4. The van der Waals surface area contributed by atoms with Crippen LogP contribution in [0.25, 0.3) is 0 Å². The number of nitrogens with one attached hydrogen (secondary N) is 1. The summed E-state index contributed by atoms with van der Waals surface area (Å²) < 4.78 is 6.09. The van der Waals surface area contributed by atoms with Crippen LogP contribution in [0.5, 0.6) is 5.75 Å². The lowest BCUT2D eigenvalue weighted by molar-refractivity contribution is -0.149. The van der Waals surface area contributed by atoms with Gasteiger partial charge in [0.05, 0.1) is 12.6 Å². The van der Waals surface area contributed by atoms with E-state index >= 15 is 0 Å². The zero-order valence-electron chi connectivity index (χ0n) is 14.4. The van der Waals surface area contributed by atoms with Crippen LogP contribution in [0.1, 0.15) is 31.2 Å². The first kappa shape index (κ1) is 16.4. The molecule has 3 aliphatic rings. The first-order valence-corrected chi connectivity index (χ1v) is 9.24. The van der Waals surface area contributed by atoms with Crippen molar-refractivity contribution in [1.82, 2.24) is 15.1 Å². The Bertz CT molecular complexity index is 657. The number of amides is 2. The van der Waals surface area contributed by atoms with E-state index in [1.807, 2.05) is 12.1 Å². The number of rotatable bonds is 4. The van der Waals surface area contributed by atoms with Crippen molar-refractivity contribution in [3.8, 4) is 5.75 Å². The molecule has 1 atom stereocenters. The second-order valence-electron chi connectivity index (χ2n) is 7.23. The summed E-state index contributed by atoms with van der Waals surface area (Å²) >= 11 is 0. The summed E-state index contributed by atoms with van der Waals surface area (Å²) in [5, 5.41) is 2.69. The minimum atomic E-state index is -0.354. The van der Waals surface area contributed by atoms with E-state index in [0.29, 0.717) is 19.2 Å². The van der Waals surface area contributed by atoms with Crippen molar-refractivity contribution in [2.75, 3.05) is 26.2 Å². The van der Waals surface area contributed by atoms with Crippen molar-refractivity contribution in [2.24, 2.45) is 0 Å². The van der Waals surface area contributed by atoms with Crippen LogP contribution in [-0.4, -0.2) is 59.9 Å². The Morgan fingerprint density at radius 2 is 2.00 bits per heavy atom. The maximum absolute atomic E-state index is 12.1. The first-order chi connectivity index (χ1) is 12.2. The standard InChI is InChI=1S/C19H25N3O3/c23-18-11-20-19(24)17-13-21(8-9-22(17)18)12-14-4-3-7-16(10-14)25-15-5-1-2-6-15/h3-4,7,10,15,17H,1-2,5-6,8-9,11-13H2,(H,20,24)/t17-/m0/s1. The Balaban J connectivity index is 1.39. The average Bonchev–Trinajstić information content (AvgIpc) is 3.12. The van der Waals surface area contributed by atoms with E-state index in [1.165, 1.54) is 18.4 Å². The Morgan fingerprint density at radius 1 is 1.16 bits per heavy atom. The molecule has 0 spiro atoms. The third-order valence-electron chi connectivity index (χ3n) is 5.41. The fourth-order valence-electron chi connectivity index (χ4n) is 4.06. The second kappa shape index (κ2) is 7.04. The van der Waals surface area contributed by atoms with Crippen LogP contribution in [0.2, 0.25) is 0 Å². The molecule has 2 amide bonds.